The number of nitrogens with two attached hydrogens (primary N) is 2. The largest absolute Gasteiger partial charge is 0.462 e. The molecular formula is C30H40ClN7O5. The van der Waals surface area contributed by atoms with E-state index in [9.17, 15) is 14.4 Å². The molecule has 0 spiro atoms. The van der Waals surface area contributed by atoms with Crippen molar-refractivity contribution in [1.82, 2.24) is 20.3 Å². The van der Waals surface area contributed by atoms with E-state index in [-0.39, 0.29) is 24.9 Å². The maximum Gasteiger partial charge on any atom is 0.325 e. The Bertz CT molecular complexity index is 1450. The number of benzene rings is 1. The number of esters is 2. The Labute approximate surface area is 256 Å². The molecule has 232 valence electrons. The molecule has 0 unspecified atom stereocenters. The van der Waals surface area contributed by atoms with Crippen LogP contribution in [0.25, 0.3) is 11.3 Å². The zero-order valence-corrected chi connectivity index (χ0v) is 26.0. The van der Waals surface area contributed by atoms with Crippen LogP contribution < -0.4 is 22.1 Å². The Balaban J connectivity index is 1.76. The normalized spacial score (nSPS) is 13.1. The molecule has 0 fully saturated rings. The summed E-state index contributed by atoms with van der Waals surface area (Å²) in [6.45, 7) is 10.0. The van der Waals surface area contributed by atoms with E-state index in [4.69, 9.17) is 32.5 Å². The Morgan fingerprint density at radius 3 is 2.30 bits per heavy atom. The van der Waals surface area contributed by atoms with Crippen LogP contribution in [-0.4, -0.2) is 63.1 Å². The number of halogens is 1. The Morgan fingerprint density at radius 2 is 1.70 bits per heavy atom. The van der Waals surface area contributed by atoms with E-state index in [0.717, 1.165) is 5.56 Å². The molecule has 0 radical (unpaired) electrons. The fourth-order valence-electron chi connectivity index (χ4n) is 3.80. The number of hydrogen-bond donors (Lipinski definition) is 5. The lowest BCUT2D eigenvalue weighted by atomic mass is 10.1. The van der Waals surface area contributed by atoms with Gasteiger partial charge in [0, 0.05) is 23.0 Å². The highest BCUT2D eigenvalue weighted by Gasteiger charge is 2.27. The molecule has 12 nitrogen and oxygen atoms in total. The molecule has 2 atom stereocenters. The van der Waals surface area contributed by atoms with Crippen molar-refractivity contribution < 1.29 is 23.9 Å². The summed E-state index contributed by atoms with van der Waals surface area (Å²) in [5.74, 6) is -1.20. The lowest BCUT2D eigenvalue weighted by molar-refractivity contribution is -0.150. The van der Waals surface area contributed by atoms with E-state index < -0.39 is 35.0 Å². The van der Waals surface area contributed by atoms with Gasteiger partial charge >= 0.3 is 11.9 Å². The minimum atomic E-state index is -1.19. The van der Waals surface area contributed by atoms with E-state index in [0.29, 0.717) is 34.2 Å². The van der Waals surface area contributed by atoms with Gasteiger partial charge < -0.3 is 36.6 Å². The van der Waals surface area contributed by atoms with Gasteiger partial charge in [-0.2, -0.15) is 0 Å². The molecule has 3 aromatic rings. The van der Waals surface area contributed by atoms with Gasteiger partial charge in [-0.1, -0.05) is 30.7 Å². The van der Waals surface area contributed by atoms with Crippen LogP contribution in [0.15, 0.2) is 42.7 Å². The molecule has 13 heteroatoms. The first-order chi connectivity index (χ1) is 20.1. The third-order valence-electron chi connectivity index (χ3n) is 6.40. The zero-order chi connectivity index (χ0) is 31.9. The van der Waals surface area contributed by atoms with Gasteiger partial charge in [0.1, 0.15) is 30.0 Å². The minimum Gasteiger partial charge on any atom is -0.462 e. The van der Waals surface area contributed by atoms with E-state index >= 15 is 0 Å². The standard InChI is InChI=1S/C30H40ClN7O5/c1-7-21(15-42-26(40)29(3,4)32)36-28-35-13-17(2)24(38-28)19-12-22(34-14-19)25(39)37-23(16-43-27(41)30(5,6)33)18-9-8-10-20(31)11-18/h8-14,21,23,34H,7,15-16,32-33H2,1-6H3,(H,37,39)(H,35,36,38)/t21-,23+/m0/s1. The number of rotatable bonds is 13. The highest BCUT2D eigenvalue weighted by atomic mass is 35.5. The van der Waals surface area contributed by atoms with Gasteiger partial charge in [-0.3, -0.25) is 14.4 Å². The maximum atomic E-state index is 13.3. The highest BCUT2D eigenvalue weighted by Crippen LogP contribution is 2.24. The Morgan fingerprint density at radius 1 is 1.05 bits per heavy atom. The number of aryl methyl sites for hydroxylation is 1. The van der Waals surface area contributed by atoms with Crippen LogP contribution in [-0.2, 0) is 19.1 Å². The summed E-state index contributed by atoms with van der Waals surface area (Å²) >= 11 is 6.18. The van der Waals surface area contributed by atoms with Crippen LogP contribution in [0.2, 0.25) is 5.02 Å². The third kappa shape index (κ3) is 9.50. The van der Waals surface area contributed by atoms with Crippen LogP contribution in [0.1, 0.15) is 68.7 Å². The summed E-state index contributed by atoms with van der Waals surface area (Å²) in [5, 5.41) is 6.57. The number of hydrogen-bond acceptors (Lipinski definition) is 10. The molecular weight excluding hydrogens is 574 g/mol. The summed E-state index contributed by atoms with van der Waals surface area (Å²) in [6, 6.07) is 7.66. The molecule has 2 heterocycles. The first-order valence-electron chi connectivity index (χ1n) is 13.9. The van der Waals surface area contributed by atoms with Crippen molar-refractivity contribution in [2.24, 2.45) is 11.5 Å². The number of anilines is 1. The van der Waals surface area contributed by atoms with Crippen LogP contribution in [0.5, 0.6) is 0 Å². The summed E-state index contributed by atoms with van der Waals surface area (Å²) in [5.41, 5.74) is 12.3. The number of carbonyl (C=O) groups is 3. The van der Waals surface area contributed by atoms with Crippen LogP contribution in [0.3, 0.4) is 0 Å². The smallest absolute Gasteiger partial charge is 0.325 e. The second-order valence-electron chi connectivity index (χ2n) is 11.5. The highest BCUT2D eigenvalue weighted by molar-refractivity contribution is 6.30. The number of amides is 1. The predicted octanol–water partition coefficient (Wildman–Crippen LogP) is 3.66. The monoisotopic (exact) mass is 613 g/mol. The molecule has 7 N–H and O–H groups in total. The Hall–Kier alpha value is -4.00. The summed E-state index contributed by atoms with van der Waals surface area (Å²) in [7, 11) is 0. The molecule has 2 aromatic heterocycles. The van der Waals surface area contributed by atoms with Crippen LogP contribution >= 0.6 is 11.6 Å². The molecule has 0 saturated heterocycles. The van der Waals surface area contributed by atoms with Gasteiger partial charge in [-0.15, -0.1) is 0 Å². The molecule has 0 aliphatic carbocycles. The number of aromatic amines is 1. The number of nitrogens with one attached hydrogen (secondary N) is 3. The molecule has 0 bridgehead atoms. The van der Waals surface area contributed by atoms with Gasteiger partial charge in [0.25, 0.3) is 5.91 Å². The first-order valence-corrected chi connectivity index (χ1v) is 14.2. The van der Waals surface area contributed by atoms with Crippen molar-refractivity contribution in [3.05, 3.63) is 64.6 Å². The van der Waals surface area contributed by atoms with E-state index in [1.807, 2.05) is 13.8 Å². The molecule has 0 aliphatic rings. The van der Waals surface area contributed by atoms with Crippen molar-refractivity contribution in [2.75, 3.05) is 18.5 Å². The number of carbonyl (C=O) groups excluding carboxylic acids is 3. The van der Waals surface area contributed by atoms with Gasteiger partial charge in [0.2, 0.25) is 5.95 Å². The fraction of sp³-hybridized carbons (Fsp3) is 0.433. The molecule has 0 saturated carbocycles. The molecule has 1 aromatic carbocycles. The van der Waals surface area contributed by atoms with Crippen LogP contribution in [0.4, 0.5) is 5.95 Å². The van der Waals surface area contributed by atoms with Gasteiger partial charge in [0.05, 0.1) is 17.8 Å². The van der Waals surface area contributed by atoms with Crippen molar-refractivity contribution in [3.63, 3.8) is 0 Å². The number of aromatic nitrogens is 3. The predicted molar refractivity (Wildman–Crippen MR) is 164 cm³/mol. The topological polar surface area (TPSA) is 187 Å². The summed E-state index contributed by atoms with van der Waals surface area (Å²) in [6.07, 6.45) is 3.98. The third-order valence-corrected chi connectivity index (χ3v) is 6.64. The van der Waals surface area contributed by atoms with E-state index in [1.165, 1.54) is 0 Å². The molecule has 43 heavy (non-hydrogen) atoms. The zero-order valence-electron chi connectivity index (χ0n) is 25.3. The van der Waals surface area contributed by atoms with Crippen LogP contribution in [0, 0.1) is 6.92 Å². The first kappa shape index (κ1) is 33.5. The second-order valence-corrected chi connectivity index (χ2v) is 11.9. The van der Waals surface area contributed by atoms with Gasteiger partial charge in [-0.25, -0.2) is 9.97 Å². The van der Waals surface area contributed by atoms with E-state index in [2.05, 4.69) is 25.6 Å². The quantitative estimate of drug-likeness (QED) is 0.178. The second kappa shape index (κ2) is 14.0. The fourth-order valence-corrected chi connectivity index (χ4v) is 4.00. The minimum absolute atomic E-state index is 0.100. The van der Waals surface area contributed by atoms with E-state index in [1.54, 1.807) is 70.4 Å². The number of H-pyrrole nitrogens is 1. The number of ether oxygens (including phenoxy) is 2. The lowest BCUT2D eigenvalue weighted by Crippen LogP contribution is -2.44. The number of nitrogens with zero attached hydrogens (tertiary/aromatic N) is 2. The van der Waals surface area contributed by atoms with Crippen molar-refractivity contribution in [1.29, 1.82) is 0 Å². The summed E-state index contributed by atoms with van der Waals surface area (Å²) < 4.78 is 10.7. The van der Waals surface area contributed by atoms with Crippen molar-refractivity contribution in [2.45, 2.75) is 71.1 Å². The lowest BCUT2D eigenvalue weighted by Gasteiger charge is -2.22. The average Bonchev–Trinajstić information content (AvgIpc) is 3.43. The van der Waals surface area contributed by atoms with Gasteiger partial charge in [-0.05, 0) is 70.4 Å². The average molecular weight is 614 g/mol. The molecule has 3 rings (SSSR count). The summed E-state index contributed by atoms with van der Waals surface area (Å²) in [4.78, 5) is 49.7. The van der Waals surface area contributed by atoms with Crippen molar-refractivity contribution >= 4 is 35.4 Å². The maximum absolute atomic E-state index is 13.3. The molecule has 0 aliphatic heterocycles. The van der Waals surface area contributed by atoms with Crippen molar-refractivity contribution in [3.8, 4) is 11.3 Å². The van der Waals surface area contributed by atoms with Gasteiger partial charge in [0.15, 0.2) is 0 Å². The SMILES string of the molecule is CC[C@@H](COC(=O)C(C)(C)N)Nc1ncc(C)c(-c2c[nH]c(C(=O)N[C@H](COC(=O)C(C)(C)N)c3cccc(Cl)c3)c2)n1. The molecule has 1 amide bonds. The Kier molecular flexibility index (Phi) is 10.9.